The van der Waals surface area contributed by atoms with Crippen LogP contribution in [0.1, 0.15) is 25.7 Å². The molecule has 2 bridgehead atoms. The molecule has 9 heteroatoms. The third kappa shape index (κ3) is 3.18. The third-order valence-corrected chi connectivity index (χ3v) is 7.72. The van der Waals surface area contributed by atoms with Crippen molar-refractivity contribution in [2.45, 2.75) is 31.7 Å². The van der Waals surface area contributed by atoms with E-state index < -0.39 is 15.8 Å². The molecule has 1 saturated heterocycles. The largest absolute Gasteiger partial charge is 0.327 e. The van der Waals surface area contributed by atoms with Crippen LogP contribution in [-0.2, 0) is 14.8 Å². The standard InChI is InChI=1S/C17H22FN3O3S.ClH/c18-13-5-4-12(9-14(13)21-6-1-7-25(21,23)24)20-17(22)15-10-2-3-11(8-10)16(15)19;/h4-5,9-11,15-16H,1-3,6-8,19H2,(H,20,22);1H. The van der Waals surface area contributed by atoms with Gasteiger partial charge in [-0.05, 0) is 55.7 Å². The number of nitrogens with two attached hydrogens (primary N) is 1. The van der Waals surface area contributed by atoms with E-state index in [1.165, 1.54) is 18.2 Å². The van der Waals surface area contributed by atoms with Gasteiger partial charge in [-0.1, -0.05) is 0 Å². The Morgan fingerprint density at radius 1 is 1.27 bits per heavy atom. The molecule has 4 unspecified atom stereocenters. The van der Waals surface area contributed by atoms with E-state index in [1.54, 1.807) is 0 Å². The van der Waals surface area contributed by atoms with Crippen molar-refractivity contribution in [1.29, 1.82) is 0 Å². The Morgan fingerprint density at radius 2 is 2.00 bits per heavy atom. The lowest BCUT2D eigenvalue weighted by Crippen LogP contribution is -2.42. The predicted octanol–water partition coefficient (Wildman–Crippen LogP) is 2.10. The molecule has 2 saturated carbocycles. The van der Waals surface area contributed by atoms with Gasteiger partial charge >= 0.3 is 0 Å². The second kappa shape index (κ2) is 6.98. The number of carbonyl (C=O) groups excluding carboxylic acids is 1. The number of hydrogen-bond donors (Lipinski definition) is 2. The molecule has 1 amide bonds. The SMILES string of the molecule is Cl.NC1C2CCC(C2)C1C(=O)Nc1ccc(F)c(N2CCCS2(=O)=O)c1. The van der Waals surface area contributed by atoms with Crippen LogP contribution in [-0.4, -0.2) is 32.7 Å². The van der Waals surface area contributed by atoms with Gasteiger partial charge in [-0.25, -0.2) is 12.8 Å². The Bertz CT molecular complexity index is 817. The Hall–Kier alpha value is -1.38. The van der Waals surface area contributed by atoms with Crippen molar-refractivity contribution >= 4 is 39.7 Å². The molecule has 0 radical (unpaired) electrons. The number of halogens is 2. The molecule has 4 rings (SSSR count). The van der Waals surface area contributed by atoms with Gasteiger partial charge < -0.3 is 11.1 Å². The molecule has 144 valence electrons. The zero-order valence-electron chi connectivity index (χ0n) is 14.2. The summed E-state index contributed by atoms with van der Waals surface area (Å²) in [5.74, 6) is -0.231. The summed E-state index contributed by atoms with van der Waals surface area (Å²) >= 11 is 0. The molecule has 0 aromatic heterocycles. The van der Waals surface area contributed by atoms with Gasteiger partial charge in [-0.3, -0.25) is 9.10 Å². The lowest BCUT2D eigenvalue weighted by molar-refractivity contribution is -0.121. The average Bonchev–Trinajstić information content (AvgIpc) is 3.23. The van der Waals surface area contributed by atoms with Gasteiger partial charge in [0.1, 0.15) is 5.82 Å². The molecule has 2 aliphatic carbocycles. The van der Waals surface area contributed by atoms with E-state index in [9.17, 15) is 17.6 Å². The van der Waals surface area contributed by atoms with Crippen molar-refractivity contribution in [3.63, 3.8) is 0 Å². The quantitative estimate of drug-likeness (QED) is 0.808. The summed E-state index contributed by atoms with van der Waals surface area (Å²) in [6, 6.07) is 3.92. The van der Waals surface area contributed by atoms with Crippen LogP contribution in [0.4, 0.5) is 15.8 Å². The highest BCUT2D eigenvalue weighted by Crippen LogP contribution is 2.48. The number of nitrogens with zero attached hydrogens (tertiary/aromatic N) is 1. The Kier molecular flexibility index (Phi) is 5.20. The number of amides is 1. The van der Waals surface area contributed by atoms with Crippen LogP contribution in [0.25, 0.3) is 0 Å². The first-order valence-corrected chi connectivity index (χ1v) is 10.3. The first-order valence-electron chi connectivity index (χ1n) is 8.73. The zero-order chi connectivity index (χ0) is 17.8. The maximum Gasteiger partial charge on any atom is 0.235 e. The predicted molar refractivity (Wildman–Crippen MR) is 100 cm³/mol. The molecule has 1 aliphatic heterocycles. The first kappa shape index (κ1) is 19.4. The number of carbonyl (C=O) groups is 1. The molecular formula is C17H23ClFN3O3S. The summed E-state index contributed by atoms with van der Waals surface area (Å²) in [5.41, 5.74) is 6.59. The van der Waals surface area contributed by atoms with E-state index >= 15 is 0 Å². The van der Waals surface area contributed by atoms with Crippen molar-refractivity contribution in [3.05, 3.63) is 24.0 Å². The fraction of sp³-hybridized carbons (Fsp3) is 0.588. The molecule has 3 aliphatic rings. The number of nitrogens with one attached hydrogen (secondary N) is 1. The van der Waals surface area contributed by atoms with Crippen LogP contribution >= 0.6 is 12.4 Å². The molecule has 0 spiro atoms. The van der Waals surface area contributed by atoms with E-state index in [0.29, 0.717) is 23.9 Å². The molecule has 1 aromatic carbocycles. The smallest absolute Gasteiger partial charge is 0.235 e. The lowest BCUT2D eigenvalue weighted by Gasteiger charge is -2.27. The van der Waals surface area contributed by atoms with Crippen LogP contribution in [0.15, 0.2) is 18.2 Å². The first-order chi connectivity index (χ1) is 11.9. The third-order valence-electron chi connectivity index (χ3n) is 5.87. The van der Waals surface area contributed by atoms with Gasteiger partial charge in [0.25, 0.3) is 0 Å². The van der Waals surface area contributed by atoms with Crippen molar-refractivity contribution in [1.82, 2.24) is 0 Å². The molecular weight excluding hydrogens is 381 g/mol. The molecule has 1 aromatic rings. The minimum Gasteiger partial charge on any atom is -0.327 e. The topological polar surface area (TPSA) is 92.5 Å². The van der Waals surface area contributed by atoms with Crippen LogP contribution in [0, 0.1) is 23.6 Å². The summed E-state index contributed by atoms with van der Waals surface area (Å²) in [7, 11) is -3.48. The second-order valence-corrected chi connectivity index (χ2v) is 9.35. The number of sulfonamides is 1. The summed E-state index contributed by atoms with van der Waals surface area (Å²) in [5, 5.41) is 2.81. The monoisotopic (exact) mass is 403 g/mol. The van der Waals surface area contributed by atoms with Gasteiger partial charge in [0, 0.05) is 18.3 Å². The maximum atomic E-state index is 14.1. The number of benzene rings is 1. The van der Waals surface area contributed by atoms with E-state index in [4.69, 9.17) is 5.73 Å². The van der Waals surface area contributed by atoms with Crippen LogP contribution < -0.4 is 15.4 Å². The second-order valence-electron chi connectivity index (χ2n) is 7.33. The molecule has 26 heavy (non-hydrogen) atoms. The fourth-order valence-electron chi connectivity index (χ4n) is 4.64. The van der Waals surface area contributed by atoms with Crippen LogP contribution in [0.5, 0.6) is 0 Å². The lowest BCUT2D eigenvalue weighted by atomic mass is 9.84. The summed E-state index contributed by atoms with van der Waals surface area (Å²) < 4.78 is 39.3. The van der Waals surface area contributed by atoms with Gasteiger partial charge in [0.2, 0.25) is 15.9 Å². The Balaban J connectivity index is 0.00000196. The maximum absolute atomic E-state index is 14.1. The molecule has 4 atom stereocenters. The minimum absolute atomic E-state index is 0. The molecule has 6 nitrogen and oxygen atoms in total. The molecule has 1 heterocycles. The normalized spacial score (nSPS) is 31.7. The zero-order valence-corrected chi connectivity index (χ0v) is 15.9. The van der Waals surface area contributed by atoms with Crippen LogP contribution in [0.2, 0.25) is 0 Å². The van der Waals surface area contributed by atoms with Gasteiger partial charge in [0.05, 0.1) is 17.4 Å². The van der Waals surface area contributed by atoms with Gasteiger partial charge in [-0.15, -0.1) is 12.4 Å². The number of anilines is 2. The number of hydrogen-bond acceptors (Lipinski definition) is 4. The van der Waals surface area contributed by atoms with Gasteiger partial charge in [-0.2, -0.15) is 0 Å². The van der Waals surface area contributed by atoms with Crippen LogP contribution in [0.3, 0.4) is 0 Å². The highest BCUT2D eigenvalue weighted by atomic mass is 35.5. The average molecular weight is 404 g/mol. The highest BCUT2D eigenvalue weighted by Gasteiger charge is 2.49. The molecule has 3 fully saturated rings. The van der Waals surface area contributed by atoms with E-state index in [0.717, 1.165) is 23.6 Å². The van der Waals surface area contributed by atoms with E-state index in [-0.39, 0.29) is 48.3 Å². The van der Waals surface area contributed by atoms with Crippen molar-refractivity contribution in [2.75, 3.05) is 21.9 Å². The summed E-state index contributed by atoms with van der Waals surface area (Å²) in [6.07, 6.45) is 3.58. The van der Waals surface area contributed by atoms with Crippen molar-refractivity contribution in [3.8, 4) is 0 Å². The van der Waals surface area contributed by atoms with Crippen molar-refractivity contribution < 1.29 is 17.6 Å². The highest BCUT2D eigenvalue weighted by molar-refractivity contribution is 7.93. The summed E-state index contributed by atoms with van der Waals surface area (Å²) in [6.45, 7) is 0.258. The fourth-order valence-corrected chi connectivity index (χ4v) is 6.20. The van der Waals surface area contributed by atoms with Crippen molar-refractivity contribution in [2.24, 2.45) is 23.5 Å². The van der Waals surface area contributed by atoms with E-state index in [2.05, 4.69) is 5.32 Å². The molecule has 3 N–H and O–H groups in total. The Labute approximate surface area is 158 Å². The summed E-state index contributed by atoms with van der Waals surface area (Å²) in [4.78, 5) is 12.6. The van der Waals surface area contributed by atoms with Gasteiger partial charge in [0.15, 0.2) is 0 Å². The van der Waals surface area contributed by atoms with E-state index in [1.807, 2.05) is 0 Å². The minimum atomic E-state index is -3.48. The number of rotatable bonds is 3. The Morgan fingerprint density at radius 3 is 2.62 bits per heavy atom. The number of fused-ring (bicyclic) bond motifs is 2.